The lowest BCUT2D eigenvalue weighted by molar-refractivity contribution is -0.133. The first kappa shape index (κ1) is 15.4. The topological polar surface area (TPSA) is 53.5 Å². The molecule has 1 aliphatic rings. The summed E-state index contributed by atoms with van der Waals surface area (Å²) in [7, 11) is 0. The van der Waals surface area contributed by atoms with E-state index in [-0.39, 0.29) is 17.4 Å². The van der Waals surface area contributed by atoms with E-state index in [0.717, 1.165) is 0 Å². The van der Waals surface area contributed by atoms with E-state index in [1.54, 1.807) is 15.9 Å². The smallest absolute Gasteiger partial charge is 0.258 e. The number of hydrogen-bond acceptors (Lipinski definition) is 3. The number of rotatable bonds is 3. The van der Waals surface area contributed by atoms with E-state index in [0.29, 0.717) is 38.5 Å². The van der Waals surface area contributed by atoms with Crippen LogP contribution in [0.3, 0.4) is 0 Å². The van der Waals surface area contributed by atoms with E-state index >= 15 is 0 Å². The summed E-state index contributed by atoms with van der Waals surface area (Å²) in [5.41, 5.74) is -0.0144. The molecular weight excluding hydrogens is 273 g/mol. The quantitative estimate of drug-likeness (QED) is 0.795. The van der Waals surface area contributed by atoms with Gasteiger partial charge in [0.25, 0.3) is 5.91 Å². The SMILES string of the molecule is CC(C)CC(=O)N1CCN(C(=O)c2cccnc2F)CC1. The molecule has 114 valence electrons. The summed E-state index contributed by atoms with van der Waals surface area (Å²) in [5, 5.41) is 0. The lowest BCUT2D eigenvalue weighted by Crippen LogP contribution is -2.50. The van der Waals surface area contributed by atoms with Gasteiger partial charge in [0.1, 0.15) is 0 Å². The Labute approximate surface area is 123 Å². The van der Waals surface area contributed by atoms with E-state index in [9.17, 15) is 14.0 Å². The third kappa shape index (κ3) is 3.77. The first-order chi connectivity index (χ1) is 9.99. The van der Waals surface area contributed by atoms with Crippen LogP contribution in [-0.2, 0) is 4.79 Å². The highest BCUT2D eigenvalue weighted by molar-refractivity contribution is 5.94. The summed E-state index contributed by atoms with van der Waals surface area (Å²) in [5.74, 6) is -0.677. The molecule has 0 bridgehead atoms. The number of nitrogens with zero attached hydrogens (tertiary/aromatic N) is 3. The largest absolute Gasteiger partial charge is 0.339 e. The number of carbonyl (C=O) groups excluding carboxylic acids is 2. The first-order valence-electron chi connectivity index (χ1n) is 7.16. The number of halogens is 1. The minimum atomic E-state index is -0.749. The summed E-state index contributed by atoms with van der Waals surface area (Å²) >= 11 is 0. The third-order valence-corrected chi connectivity index (χ3v) is 3.49. The minimum absolute atomic E-state index is 0.0144. The highest BCUT2D eigenvalue weighted by atomic mass is 19.1. The Morgan fingerprint density at radius 3 is 2.43 bits per heavy atom. The fourth-order valence-electron chi connectivity index (χ4n) is 2.35. The number of hydrogen-bond donors (Lipinski definition) is 0. The van der Waals surface area contributed by atoms with Crippen molar-refractivity contribution in [3.8, 4) is 0 Å². The first-order valence-corrected chi connectivity index (χ1v) is 7.16. The van der Waals surface area contributed by atoms with Crippen LogP contribution in [0.2, 0.25) is 0 Å². The van der Waals surface area contributed by atoms with Gasteiger partial charge in [-0.1, -0.05) is 13.8 Å². The van der Waals surface area contributed by atoms with Crippen molar-refractivity contribution in [3.63, 3.8) is 0 Å². The Morgan fingerprint density at radius 2 is 1.86 bits per heavy atom. The molecule has 21 heavy (non-hydrogen) atoms. The van der Waals surface area contributed by atoms with Gasteiger partial charge in [0.05, 0.1) is 5.56 Å². The molecule has 0 aliphatic carbocycles. The highest BCUT2D eigenvalue weighted by Crippen LogP contribution is 2.12. The van der Waals surface area contributed by atoms with Crippen LogP contribution in [-0.4, -0.2) is 52.8 Å². The number of pyridine rings is 1. The zero-order valence-corrected chi connectivity index (χ0v) is 12.4. The number of carbonyl (C=O) groups is 2. The minimum Gasteiger partial charge on any atom is -0.339 e. The van der Waals surface area contributed by atoms with Crippen LogP contribution in [0.5, 0.6) is 0 Å². The van der Waals surface area contributed by atoms with Crippen molar-refractivity contribution in [1.82, 2.24) is 14.8 Å². The van der Waals surface area contributed by atoms with Gasteiger partial charge < -0.3 is 9.80 Å². The second-order valence-corrected chi connectivity index (χ2v) is 5.61. The van der Waals surface area contributed by atoms with Crippen molar-refractivity contribution >= 4 is 11.8 Å². The summed E-state index contributed by atoms with van der Waals surface area (Å²) in [6, 6.07) is 2.97. The van der Waals surface area contributed by atoms with Gasteiger partial charge >= 0.3 is 0 Å². The maximum atomic E-state index is 13.5. The molecule has 0 aromatic carbocycles. The standard InChI is InChI=1S/C15H20FN3O2/c1-11(2)10-13(20)18-6-8-19(9-7-18)15(21)12-4-3-5-17-14(12)16/h3-5,11H,6-10H2,1-2H3. The van der Waals surface area contributed by atoms with Gasteiger partial charge in [0.2, 0.25) is 11.9 Å². The second kappa shape index (κ2) is 6.65. The fraction of sp³-hybridized carbons (Fsp3) is 0.533. The van der Waals surface area contributed by atoms with Crippen LogP contribution in [0.25, 0.3) is 0 Å². The Balaban J connectivity index is 1.94. The van der Waals surface area contributed by atoms with Gasteiger partial charge in [0, 0.05) is 38.8 Å². The van der Waals surface area contributed by atoms with Gasteiger partial charge in [-0.3, -0.25) is 9.59 Å². The lowest BCUT2D eigenvalue weighted by atomic mass is 10.1. The molecule has 5 nitrogen and oxygen atoms in total. The monoisotopic (exact) mass is 293 g/mol. The zero-order valence-electron chi connectivity index (χ0n) is 12.4. The van der Waals surface area contributed by atoms with Crippen LogP contribution in [0.4, 0.5) is 4.39 Å². The Bertz CT molecular complexity index is 525. The molecule has 1 aliphatic heterocycles. The second-order valence-electron chi connectivity index (χ2n) is 5.61. The Kier molecular flexibility index (Phi) is 4.88. The molecule has 0 saturated carbocycles. The number of piperazine rings is 1. The molecule has 0 spiro atoms. The predicted octanol–water partition coefficient (Wildman–Crippen LogP) is 1.55. The summed E-state index contributed by atoms with van der Waals surface area (Å²) < 4.78 is 13.5. The Morgan fingerprint density at radius 1 is 1.24 bits per heavy atom. The fourth-order valence-corrected chi connectivity index (χ4v) is 2.35. The summed E-state index contributed by atoms with van der Waals surface area (Å²) in [4.78, 5) is 31.0. The highest BCUT2D eigenvalue weighted by Gasteiger charge is 2.26. The molecule has 0 unspecified atom stereocenters. The van der Waals surface area contributed by atoms with E-state index in [1.807, 2.05) is 13.8 Å². The number of amides is 2. The van der Waals surface area contributed by atoms with E-state index in [1.165, 1.54) is 12.3 Å². The molecular formula is C15H20FN3O2. The molecule has 0 N–H and O–H groups in total. The van der Waals surface area contributed by atoms with Crippen molar-refractivity contribution in [1.29, 1.82) is 0 Å². The maximum Gasteiger partial charge on any atom is 0.258 e. The molecule has 1 saturated heterocycles. The number of aromatic nitrogens is 1. The summed E-state index contributed by atoms with van der Waals surface area (Å²) in [6.07, 6.45) is 1.83. The van der Waals surface area contributed by atoms with E-state index in [4.69, 9.17) is 0 Å². The Hall–Kier alpha value is -1.98. The third-order valence-electron chi connectivity index (χ3n) is 3.49. The molecule has 1 aromatic heterocycles. The van der Waals surface area contributed by atoms with E-state index in [2.05, 4.69) is 4.98 Å². The molecule has 1 aromatic rings. The van der Waals surface area contributed by atoms with Crippen LogP contribution in [0.1, 0.15) is 30.6 Å². The van der Waals surface area contributed by atoms with Crippen molar-refractivity contribution < 1.29 is 14.0 Å². The van der Waals surface area contributed by atoms with Crippen LogP contribution in [0.15, 0.2) is 18.3 Å². The maximum absolute atomic E-state index is 13.5. The molecule has 0 atom stereocenters. The van der Waals surface area contributed by atoms with Crippen LogP contribution < -0.4 is 0 Å². The average molecular weight is 293 g/mol. The molecule has 2 heterocycles. The van der Waals surface area contributed by atoms with Crippen molar-refractivity contribution in [2.24, 2.45) is 5.92 Å². The molecule has 2 rings (SSSR count). The van der Waals surface area contributed by atoms with Gasteiger partial charge in [-0.15, -0.1) is 0 Å². The van der Waals surface area contributed by atoms with Crippen molar-refractivity contribution in [3.05, 3.63) is 29.8 Å². The zero-order chi connectivity index (χ0) is 15.4. The van der Waals surface area contributed by atoms with Gasteiger partial charge in [0.15, 0.2) is 0 Å². The van der Waals surface area contributed by atoms with Gasteiger partial charge in [-0.05, 0) is 18.1 Å². The van der Waals surface area contributed by atoms with Crippen molar-refractivity contribution in [2.75, 3.05) is 26.2 Å². The van der Waals surface area contributed by atoms with Crippen LogP contribution in [0, 0.1) is 11.9 Å². The molecule has 6 heteroatoms. The normalized spacial score (nSPS) is 15.4. The molecule has 2 amide bonds. The van der Waals surface area contributed by atoms with Gasteiger partial charge in [-0.2, -0.15) is 4.39 Å². The van der Waals surface area contributed by atoms with Gasteiger partial charge in [-0.25, -0.2) is 4.98 Å². The van der Waals surface area contributed by atoms with E-state index < -0.39 is 5.95 Å². The molecule has 0 radical (unpaired) electrons. The lowest BCUT2D eigenvalue weighted by Gasteiger charge is -2.35. The summed E-state index contributed by atoms with van der Waals surface area (Å²) in [6.45, 7) is 5.86. The van der Waals surface area contributed by atoms with Crippen molar-refractivity contribution in [2.45, 2.75) is 20.3 Å². The molecule has 1 fully saturated rings. The van der Waals surface area contributed by atoms with Crippen LogP contribution >= 0.6 is 0 Å². The predicted molar refractivity (Wildman–Crippen MR) is 76.1 cm³/mol. The average Bonchev–Trinajstić information content (AvgIpc) is 2.46.